The van der Waals surface area contributed by atoms with E-state index in [9.17, 15) is 9.18 Å². The molecule has 0 unspecified atom stereocenters. The highest BCUT2D eigenvalue weighted by molar-refractivity contribution is 6.32. The Morgan fingerprint density at radius 1 is 1.50 bits per heavy atom. The van der Waals surface area contributed by atoms with Gasteiger partial charge in [0, 0.05) is 18.9 Å². The number of hydrogen-bond donors (Lipinski definition) is 0. The SMILES string of the molecule is CCn1ccnc(Oc2ccc(F)cc2Cl)c1=O. The lowest BCUT2D eigenvalue weighted by Gasteiger charge is -2.07. The molecule has 0 bridgehead atoms. The minimum Gasteiger partial charge on any atom is -0.433 e. The van der Waals surface area contributed by atoms with Crippen LogP contribution < -0.4 is 10.3 Å². The quantitative estimate of drug-likeness (QED) is 0.860. The molecule has 0 aliphatic carbocycles. The predicted molar refractivity (Wildman–Crippen MR) is 65.7 cm³/mol. The molecule has 2 rings (SSSR count). The molecule has 1 heterocycles. The van der Waals surface area contributed by atoms with Crippen LogP contribution >= 0.6 is 11.6 Å². The molecule has 2 aromatic rings. The van der Waals surface area contributed by atoms with E-state index in [0.717, 1.165) is 6.07 Å². The van der Waals surface area contributed by atoms with Crippen molar-refractivity contribution in [3.8, 4) is 11.6 Å². The molecule has 0 N–H and O–H groups in total. The highest BCUT2D eigenvalue weighted by Crippen LogP contribution is 2.27. The van der Waals surface area contributed by atoms with Gasteiger partial charge in [0.1, 0.15) is 11.6 Å². The van der Waals surface area contributed by atoms with Gasteiger partial charge in [0.25, 0.3) is 5.88 Å². The second-order valence-electron chi connectivity index (χ2n) is 3.50. The topological polar surface area (TPSA) is 44.1 Å². The van der Waals surface area contributed by atoms with E-state index in [2.05, 4.69) is 4.98 Å². The summed E-state index contributed by atoms with van der Waals surface area (Å²) in [6.07, 6.45) is 3.01. The van der Waals surface area contributed by atoms with E-state index in [1.54, 1.807) is 6.20 Å². The van der Waals surface area contributed by atoms with E-state index in [1.165, 1.54) is 22.9 Å². The molecular weight excluding hydrogens is 259 g/mol. The number of hydrogen-bond acceptors (Lipinski definition) is 3. The van der Waals surface area contributed by atoms with Crippen molar-refractivity contribution in [2.45, 2.75) is 13.5 Å². The number of benzene rings is 1. The van der Waals surface area contributed by atoms with E-state index < -0.39 is 5.82 Å². The maximum absolute atomic E-state index is 12.9. The summed E-state index contributed by atoms with van der Waals surface area (Å²) in [5.41, 5.74) is -0.361. The summed E-state index contributed by atoms with van der Waals surface area (Å²) in [5.74, 6) is -0.372. The Bertz CT molecular complexity index is 628. The lowest BCUT2D eigenvalue weighted by Crippen LogP contribution is -2.20. The minimum absolute atomic E-state index is 0.0862. The van der Waals surface area contributed by atoms with Crippen LogP contribution in [0.2, 0.25) is 5.02 Å². The summed E-state index contributed by atoms with van der Waals surface area (Å²) in [5, 5.41) is 0.0862. The van der Waals surface area contributed by atoms with Crippen molar-refractivity contribution in [2.75, 3.05) is 0 Å². The second-order valence-corrected chi connectivity index (χ2v) is 3.91. The number of nitrogens with zero attached hydrogens (tertiary/aromatic N) is 2. The van der Waals surface area contributed by atoms with E-state index >= 15 is 0 Å². The Kier molecular flexibility index (Phi) is 3.62. The lowest BCUT2D eigenvalue weighted by molar-refractivity contribution is 0.444. The van der Waals surface area contributed by atoms with Gasteiger partial charge in [-0.1, -0.05) is 11.6 Å². The van der Waals surface area contributed by atoms with Gasteiger partial charge in [-0.25, -0.2) is 9.37 Å². The van der Waals surface area contributed by atoms with Crippen molar-refractivity contribution in [1.29, 1.82) is 0 Å². The average molecular weight is 269 g/mol. The molecule has 0 aliphatic rings. The van der Waals surface area contributed by atoms with Crippen LogP contribution in [0.15, 0.2) is 35.4 Å². The van der Waals surface area contributed by atoms with Crippen LogP contribution in [0.1, 0.15) is 6.92 Å². The van der Waals surface area contributed by atoms with Crippen LogP contribution in [-0.2, 0) is 6.54 Å². The number of halogens is 2. The fraction of sp³-hybridized carbons (Fsp3) is 0.167. The van der Waals surface area contributed by atoms with E-state index in [0.29, 0.717) is 6.54 Å². The summed E-state index contributed by atoms with van der Waals surface area (Å²) in [6.45, 7) is 2.34. The van der Waals surface area contributed by atoms with Gasteiger partial charge in [-0.3, -0.25) is 4.79 Å². The predicted octanol–water partition coefficient (Wildman–Crippen LogP) is 2.85. The first kappa shape index (κ1) is 12.6. The van der Waals surface area contributed by atoms with Crippen molar-refractivity contribution < 1.29 is 9.13 Å². The minimum atomic E-state index is -0.473. The molecule has 0 radical (unpaired) electrons. The van der Waals surface area contributed by atoms with Crippen LogP contribution in [0, 0.1) is 5.82 Å². The molecule has 18 heavy (non-hydrogen) atoms. The molecular formula is C12H10ClFN2O2. The highest BCUT2D eigenvalue weighted by Gasteiger charge is 2.09. The van der Waals surface area contributed by atoms with Gasteiger partial charge >= 0.3 is 5.56 Å². The molecule has 0 saturated carbocycles. The monoisotopic (exact) mass is 268 g/mol. The van der Waals surface area contributed by atoms with Crippen molar-refractivity contribution in [3.63, 3.8) is 0 Å². The molecule has 4 nitrogen and oxygen atoms in total. The van der Waals surface area contributed by atoms with Gasteiger partial charge in [-0.2, -0.15) is 0 Å². The van der Waals surface area contributed by atoms with Crippen LogP contribution in [0.5, 0.6) is 11.6 Å². The smallest absolute Gasteiger partial charge is 0.313 e. The van der Waals surface area contributed by atoms with Crippen molar-refractivity contribution in [1.82, 2.24) is 9.55 Å². The molecule has 0 atom stereocenters. The van der Waals surface area contributed by atoms with Gasteiger partial charge in [0.15, 0.2) is 0 Å². The standard InChI is InChI=1S/C12H10ClFN2O2/c1-2-16-6-5-15-11(12(16)17)18-10-4-3-8(14)7-9(10)13/h3-7H,2H2,1H3. The normalized spacial score (nSPS) is 10.4. The third-order valence-electron chi connectivity index (χ3n) is 2.32. The zero-order valence-electron chi connectivity index (χ0n) is 9.56. The number of aryl methyl sites for hydroxylation is 1. The zero-order chi connectivity index (χ0) is 13.1. The fourth-order valence-corrected chi connectivity index (χ4v) is 1.61. The maximum Gasteiger partial charge on any atom is 0.313 e. The van der Waals surface area contributed by atoms with Crippen molar-refractivity contribution >= 4 is 11.6 Å². The molecule has 94 valence electrons. The van der Waals surface area contributed by atoms with Crippen molar-refractivity contribution in [3.05, 3.63) is 51.8 Å². The Balaban J connectivity index is 2.37. The zero-order valence-corrected chi connectivity index (χ0v) is 10.3. The van der Waals surface area contributed by atoms with E-state index in [1.807, 2.05) is 6.92 Å². The Labute approximate surface area is 108 Å². The van der Waals surface area contributed by atoms with Gasteiger partial charge in [0.05, 0.1) is 5.02 Å². The van der Waals surface area contributed by atoms with Gasteiger partial charge in [-0.15, -0.1) is 0 Å². The summed E-state index contributed by atoms with van der Waals surface area (Å²) in [7, 11) is 0. The van der Waals surface area contributed by atoms with Crippen molar-refractivity contribution in [2.24, 2.45) is 0 Å². The van der Waals surface area contributed by atoms with Gasteiger partial charge < -0.3 is 9.30 Å². The van der Waals surface area contributed by atoms with E-state index in [-0.39, 0.29) is 22.2 Å². The molecule has 0 fully saturated rings. The first-order chi connectivity index (χ1) is 8.61. The van der Waals surface area contributed by atoms with E-state index in [4.69, 9.17) is 16.3 Å². The summed E-state index contributed by atoms with van der Waals surface area (Å²) in [4.78, 5) is 15.7. The van der Waals surface area contributed by atoms with Crippen LogP contribution in [0.4, 0.5) is 4.39 Å². The summed E-state index contributed by atoms with van der Waals surface area (Å²) >= 11 is 5.80. The molecule has 6 heteroatoms. The molecule has 0 spiro atoms. The lowest BCUT2D eigenvalue weighted by atomic mass is 10.3. The summed E-state index contributed by atoms with van der Waals surface area (Å²) < 4.78 is 19.6. The largest absolute Gasteiger partial charge is 0.433 e. The molecule has 0 saturated heterocycles. The summed E-state index contributed by atoms with van der Waals surface area (Å²) in [6, 6.07) is 3.66. The third kappa shape index (κ3) is 2.51. The first-order valence-electron chi connectivity index (χ1n) is 5.30. The molecule has 0 amide bonds. The number of aromatic nitrogens is 2. The Morgan fingerprint density at radius 2 is 2.28 bits per heavy atom. The van der Waals surface area contributed by atoms with Crippen LogP contribution in [0.25, 0.3) is 0 Å². The highest BCUT2D eigenvalue weighted by atomic mass is 35.5. The Morgan fingerprint density at radius 3 is 2.94 bits per heavy atom. The van der Waals surface area contributed by atoms with Crippen LogP contribution in [0.3, 0.4) is 0 Å². The Hall–Kier alpha value is -1.88. The maximum atomic E-state index is 12.9. The average Bonchev–Trinajstić information content (AvgIpc) is 2.35. The van der Waals surface area contributed by atoms with Gasteiger partial charge in [-0.05, 0) is 25.1 Å². The first-order valence-corrected chi connectivity index (χ1v) is 5.68. The number of rotatable bonds is 3. The molecule has 0 aliphatic heterocycles. The fourth-order valence-electron chi connectivity index (χ4n) is 1.41. The van der Waals surface area contributed by atoms with Crippen LogP contribution in [-0.4, -0.2) is 9.55 Å². The third-order valence-corrected chi connectivity index (χ3v) is 2.62. The number of ether oxygens (including phenoxy) is 1. The molecule has 1 aromatic heterocycles. The molecule has 1 aromatic carbocycles. The second kappa shape index (κ2) is 5.18. The van der Waals surface area contributed by atoms with Gasteiger partial charge in [0.2, 0.25) is 0 Å².